The molecule has 0 spiro atoms. The highest BCUT2D eigenvalue weighted by molar-refractivity contribution is 4.91. The second-order valence-corrected chi connectivity index (χ2v) is 4.33. The van der Waals surface area contributed by atoms with Gasteiger partial charge in [-0.05, 0) is 12.3 Å². The van der Waals surface area contributed by atoms with Gasteiger partial charge in [-0.3, -0.25) is 10.9 Å². The van der Waals surface area contributed by atoms with E-state index in [9.17, 15) is 0 Å². The maximum atomic E-state index is 5.54. The van der Waals surface area contributed by atoms with Crippen LogP contribution in [0.15, 0.2) is 6.33 Å². The van der Waals surface area contributed by atoms with E-state index < -0.39 is 0 Å². The molecule has 5 nitrogen and oxygen atoms in total. The van der Waals surface area contributed by atoms with Crippen molar-refractivity contribution in [3.63, 3.8) is 0 Å². The van der Waals surface area contributed by atoms with Gasteiger partial charge in [-0.2, -0.15) is 5.10 Å². The molecule has 1 atom stereocenters. The summed E-state index contributed by atoms with van der Waals surface area (Å²) in [5, 5.41) is 6.73. The van der Waals surface area contributed by atoms with Gasteiger partial charge in [0.15, 0.2) is 0 Å². The Balaban J connectivity index is 1.90. The molecule has 15 heavy (non-hydrogen) atoms. The first-order valence-corrected chi connectivity index (χ1v) is 5.71. The normalized spacial score (nSPS) is 20.3. The number of hydrogen-bond donors (Lipinski definition) is 3. The van der Waals surface area contributed by atoms with Crippen LogP contribution in [0, 0.1) is 5.92 Å². The number of nitrogens with two attached hydrogens (primary N) is 1. The Morgan fingerprint density at radius 3 is 2.87 bits per heavy atom. The molecule has 0 bridgehead atoms. The van der Waals surface area contributed by atoms with Crippen LogP contribution >= 0.6 is 0 Å². The van der Waals surface area contributed by atoms with Crippen molar-refractivity contribution in [1.29, 1.82) is 0 Å². The van der Waals surface area contributed by atoms with Gasteiger partial charge in [0.1, 0.15) is 12.2 Å². The lowest BCUT2D eigenvalue weighted by Crippen LogP contribution is -2.31. The van der Waals surface area contributed by atoms with Crippen molar-refractivity contribution in [3.05, 3.63) is 12.2 Å². The monoisotopic (exact) mass is 209 g/mol. The highest BCUT2D eigenvalue weighted by atomic mass is 15.3. The van der Waals surface area contributed by atoms with E-state index in [0.717, 1.165) is 18.2 Å². The van der Waals surface area contributed by atoms with Gasteiger partial charge < -0.3 is 0 Å². The van der Waals surface area contributed by atoms with Crippen LogP contribution in [0.3, 0.4) is 0 Å². The number of aromatic nitrogens is 3. The van der Waals surface area contributed by atoms with Crippen molar-refractivity contribution < 1.29 is 0 Å². The number of hydrazine groups is 1. The third-order valence-electron chi connectivity index (χ3n) is 3.26. The Morgan fingerprint density at radius 1 is 1.47 bits per heavy atom. The molecular weight excluding hydrogens is 190 g/mol. The van der Waals surface area contributed by atoms with Gasteiger partial charge >= 0.3 is 0 Å². The van der Waals surface area contributed by atoms with Crippen LogP contribution in [-0.4, -0.2) is 15.2 Å². The molecule has 2 rings (SSSR count). The van der Waals surface area contributed by atoms with E-state index >= 15 is 0 Å². The molecule has 1 saturated carbocycles. The van der Waals surface area contributed by atoms with Crippen LogP contribution < -0.4 is 11.3 Å². The minimum atomic E-state index is 0.121. The minimum absolute atomic E-state index is 0.121. The average Bonchev–Trinajstić information content (AvgIpc) is 2.81. The van der Waals surface area contributed by atoms with Crippen LogP contribution in [0.2, 0.25) is 0 Å². The van der Waals surface area contributed by atoms with Gasteiger partial charge in [0.2, 0.25) is 0 Å². The molecule has 0 aliphatic heterocycles. The molecule has 0 aromatic carbocycles. The molecular formula is C10H19N5. The van der Waals surface area contributed by atoms with Crippen LogP contribution in [0.1, 0.15) is 50.4 Å². The molecule has 4 N–H and O–H groups in total. The van der Waals surface area contributed by atoms with E-state index in [1.165, 1.54) is 38.4 Å². The van der Waals surface area contributed by atoms with Crippen molar-refractivity contribution in [1.82, 2.24) is 20.6 Å². The third kappa shape index (κ3) is 2.76. The van der Waals surface area contributed by atoms with E-state index in [1.54, 1.807) is 0 Å². The maximum Gasteiger partial charge on any atom is 0.142 e. The molecule has 1 aromatic rings. The largest absolute Gasteiger partial charge is 0.271 e. The Kier molecular flexibility index (Phi) is 3.69. The maximum absolute atomic E-state index is 5.54. The summed E-state index contributed by atoms with van der Waals surface area (Å²) >= 11 is 0. The summed E-state index contributed by atoms with van der Waals surface area (Å²) in [6.07, 6.45) is 9.35. The number of nitrogens with zero attached hydrogens (tertiary/aromatic N) is 2. The Labute approximate surface area is 89.8 Å². The van der Waals surface area contributed by atoms with Gasteiger partial charge in [-0.1, -0.05) is 32.1 Å². The molecule has 1 fully saturated rings. The fraction of sp³-hybridized carbons (Fsp3) is 0.800. The molecule has 1 unspecified atom stereocenters. The average molecular weight is 209 g/mol. The van der Waals surface area contributed by atoms with Crippen molar-refractivity contribution in [2.24, 2.45) is 11.8 Å². The first kappa shape index (κ1) is 10.6. The standard InChI is InChI=1S/C10H19N5/c11-14-9(10-12-7-13-15-10)6-8-4-2-1-3-5-8/h7-9,14H,1-6,11H2,(H,12,13,15). The molecule has 0 radical (unpaired) electrons. The molecule has 0 saturated heterocycles. The summed E-state index contributed by atoms with van der Waals surface area (Å²) in [5.74, 6) is 7.18. The minimum Gasteiger partial charge on any atom is -0.271 e. The summed E-state index contributed by atoms with van der Waals surface area (Å²) in [5.41, 5.74) is 2.82. The molecule has 1 aliphatic carbocycles. The summed E-state index contributed by atoms with van der Waals surface area (Å²) in [6, 6.07) is 0.121. The van der Waals surface area contributed by atoms with Crippen LogP contribution in [-0.2, 0) is 0 Å². The zero-order valence-electron chi connectivity index (χ0n) is 8.95. The number of rotatable bonds is 4. The second-order valence-electron chi connectivity index (χ2n) is 4.33. The number of H-pyrrole nitrogens is 1. The fourth-order valence-corrected chi connectivity index (χ4v) is 2.40. The topological polar surface area (TPSA) is 79.6 Å². The number of hydrogen-bond acceptors (Lipinski definition) is 4. The van der Waals surface area contributed by atoms with Gasteiger partial charge in [-0.25, -0.2) is 10.4 Å². The highest BCUT2D eigenvalue weighted by Crippen LogP contribution is 2.30. The van der Waals surface area contributed by atoms with E-state index in [0.29, 0.717) is 0 Å². The van der Waals surface area contributed by atoms with Gasteiger partial charge in [-0.15, -0.1) is 0 Å². The summed E-state index contributed by atoms with van der Waals surface area (Å²) < 4.78 is 0. The highest BCUT2D eigenvalue weighted by Gasteiger charge is 2.20. The van der Waals surface area contributed by atoms with Crippen molar-refractivity contribution in [3.8, 4) is 0 Å². The zero-order chi connectivity index (χ0) is 10.5. The molecule has 5 heteroatoms. The smallest absolute Gasteiger partial charge is 0.142 e. The second kappa shape index (κ2) is 5.23. The van der Waals surface area contributed by atoms with E-state index in [4.69, 9.17) is 5.84 Å². The Morgan fingerprint density at radius 2 is 2.27 bits per heavy atom. The number of aromatic amines is 1. The van der Waals surface area contributed by atoms with Crippen molar-refractivity contribution in [2.75, 3.05) is 0 Å². The zero-order valence-corrected chi connectivity index (χ0v) is 8.95. The Hall–Kier alpha value is -0.940. The molecule has 84 valence electrons. The summed E-state index contributed by atoms with van der Waals surface area (Å²) in [4.78, 5) is 4.14. The lowest BCUT2D eigenvalue weighted by Gasteiger charge is -2.24. The van der Waals surface area contributed by atoms with Gasteiger partial charge in [0, 0.05) is 0 Å². The lowest BCUT2D eigenvalue weighted by atomic mass is 9.85. The number of nitrogens with one attached hydrogen (secondary N) is 2. The van der Waals surface area contributed by atoms with Crippen LogP contribution in [0.25, 0.3) is 0 Å². The fourth-order valence-electron chi connectivity index (χ4n) is 2.40. The van der Waals surface area contributed by atoms with Crippen molar-refractivity contribution in [2.45, 2.75) is 44.6 Å². The van der Waals surface area contributed by atoms with E-state index in [1.807, 2.05) is 0 Å². The molecule has 1 aliphatic rings. The van der Waals surface area contributed by atoms with Crippen molar-refractivity contribution >= 4 is 0 Å². The Bertz CT molecular complexity index is 265. The van der Waals surface area contributed by atoms with Crippen LogP contribution in [0.4, 0.5) is 0 Å². The lowest BCUT2D eigenvalue weighted by molar-refractivity contribution is 0.296. The van der Waals surface area contributed by atoms with Gasteiger partial charge in [0.05, 0.1) is 6.04 Å². The predicted octanol–water partition coefficient (Wildman–Crippen LogP) is 1.28. The quantitative estimate of drug-likeness (QED) is 0.515. The molecule has 0 amide bonds. The van der Waals surface area contributed by atoms with Gasteiger partial charge in [0.25, 0.3) is 0 Å². The molecule has 1 aromatic heterocycles. The summed E-state index contributed by atoms with van der Waals surface area (Å²) in [6.45, 7) is 0. The van der Waals surface area contributed by atoms with E-state index in [-0.39, 0.29) is 6.04 Å². The summed E-state index contributed by atoms with van der Waals surface area (Å²) in [7, 11) is 0. The predicted molar refractivity (Wildman–Crippen MR) is 57.6 cm³/mol. The van der Waals surface area contributed by atoms with E-state index in [2.05, 4.69) is 20.6 Å². The molecule has 1 heterocycles. The third-order valence-corrected chi connectivity index (χ3v) is 3.26. The first-order valence-electron chi connectivity index (χ1n) is 5.71. The first-order chi connectivity index (χ1) is 7.40. The van der Waals surface area contributed by atoms with Crippen LogP contribution in [0.5, 0.6) is 0 Å². The SMILES string of the molecule is NNC(CC1CCCCC1)c1ncn[nH]1.